The van der Waals surface area contributed by atoms with E-state index in [4.69, 9.17) is 9.84 Å². The fourth-order valence-electron chi connectivity index (χ4n) is 2.40. The van der Waals surface area contributed by atoms with Crippen LogP contribution in [0, 0.1) is 5.92 Å². The first-order valence-electron chi connectivity index (χ1n) is 4.67. The minimum absolute atomic E-state index is 0.129. The fraction of sp³-hybridized carbons (Fsp3) is 0.889. The predicted octanol–water partition coefficient (Wildman–Crippen LogP) is 0.182. The highest BCUT2D eigenvalue weighted by Crippen LogP contribution is 2.35. The van der Waals surface area contributed by atoms with Gasteiger partial charge >= 0.3 is 5.97 Å². The highest BCUT2D eigenvalue weighted by atomic mass is 16.5. The van der Waals surface area contributed by atoms with Crippen LogP contribution in [0.5, 0.6) is 0 Å². The Morgan fingerprint density at radius 2 is 2.31 bits per heavy atom. The molecule has 13 heavy (non-hydrogen) atoms. The maximum Gasteiger partial charge on any atom is 0.306 e. The van der Waals surface area contributed by atoms with Crippen molar-refractivity contribution < 1.29 is 14.6 Å². The van der Waals surface area contributed by atoms with Gasteiger partial charge in [0.15, 0.2) is 0 Å². The Kier molecular flexibility index (Phi) is 2.04. The second kappa shape index (κ2) is 2.96. The molecule has 0 aliphatic carbocycles. The number of likely N-dealkylation sites (N-methyl/N-ethyl adjacent to an activating group) is 1. The summed E-state index contributed by atoms with van der Waals surface area (Å²) >= 11 is 0. The van der Waals surface area contributed by atoms with Crippen LogP contribution in [0.1, 0.15) is 12.8 Å². The van der Waals surface area contributed by atoms with Crippen molar-refractivity contribution in [1.29, 1.82) is 0 Å². The zero-order valence-electron chi connectivity index (χ0n) is 7.82. The monoisotopic (exact) mass is 185 g/mol. The van der Waals surface area contributed by atoms with Crippen LogP contribution in [0.15, 0.2) is 0 Å². The third-order valence-corrected chi connectivity index (χ3v) is 2.96. The van der Waals surface area contributed by atoms with Crippen LogP contribution in [-0.4, -0.2) is 48.3 Å². The van der Waals surface area contributed by atoms with Gasteiger partial charge in [0.1, 0.15) is 0 Å². The van der Waals surface area contributed by atoms with Crippen LogP contribution < -0.4 is 0 Å². The third kappa shape index (κ3) is 1.56. The highest BCUT2D eigenvalue weighted by Gasteiger charge is 2.47. The van der Waals surface area contributed by atoms with Gasteiger partial charge in [-0.15, -0.1) is 0 Å². The van der Waals surface area contributed by atoms with E-state index in [1.165, 1.54) is 0 Å². The third-order valence-electron chi connectivity index (χ3n) is 2.96. The minimum atomic E-state index is -0.669. The molecule has 2 saturated heterocycles. The van der Waals surface area contributed by atoms with Crippen molar-refractivity contribution in [1.82, 2.24) is 4.90 Å². The van der Waals surface area contributed by atoms with Gasteiger partial charge in [-0.05, 0) is 19.9 Å². The van der Waals surface area contributed by atoms with E-state index in [0.29, 0.717) is 19.4 Å². The first kappa shape index (κ1) is 8.97. The first-order valence-corrected chi connectivity index (χ1v) is 4.67. The molecule has 1 spiro atoms. The number of hydrogen-bond acceptors (Lipinski definition) is 3. The fourth-order valence-corrected chi connectivity index (χ4v) is 2.40. The summed E-state index contributed by atoms with van der Waals surface area (Å²) in [7, 11) is 2.03. The number of carbonyl (C=O) groups is 1. The molecule has 2 heterocycles. The molecule has 4 nitrogen and oxygen atoms in total. The van der Waals surface area contributed by atoms with Crippen molar-refractivity contribution in [2.75, 3.05) is 26.7 Å². The summed E-state index contributed by atoms with van der Waals surface area (Å²) < 4.78 is 5.65. The van der Waals surface area contributed by atoms with Gasteiger partial charge in [-0.1, -0.05) is 0 Å². The van der Waals surface area contributed by atoms with E-state index in [2.05, 4.69) is 4.90 Å². The van der Waals surface area contributed by atoms with Crippen LogP contribution in [0.3, 0.4) is 0 Å². The summed E-state index contributed by atoms with van der Waals surface area (Å²) in [6.45, 7) is 2.37. The summed E-state index contributed by atoms with van der Waals surface area (Å²) in [6.07, 6.45) is 1.35. The van der Waals surface area contributed by atoms with Gasteiger partial charge in [0.25, 0.3) is 0 Å². The number of hydrogen-bond donors (Lipinski definition) is 1. The van der Waals surface area contributed by atoms with E-state index < -0.39 is 5.97 Å². The molecule has 2 rings (SSSR count). The molecule has 0 aromatic carbocycles. The van der Waals surface area contributed by atoms with Gasteiger partial charge in [0.2, 0.25) is 0 Å². The second-order valence-electron chi connectivity index (χ2n) is 4.23. The van der Waals surface area contributed by atoms with Crippen LogP contribution in [0.4, 0.5) is 0 Å². The quantitative estimate of drug-likeness (QED) is 0.633. The number of carboxylic acid groups (broad SMARTS) is 1. The normalized spacial score (nSPS) is 32.8. The minimum Gasteiger partial charge on any atom is -0.481 e. The van der Waals surface area contributed by atoms with Gasteiger partial charge in [0.05, 0.1) is 11.5 Å². The summed E-state index contributed by atoms with van der Waals surface area (Å²) in [6, 6.07) is 0. The van der Waals surface area contributed by atoms with Crippen molar-refractivity contribution in [3.63, 3.8) is 0 Å². The number of likely N-dealkylation sites (tertiary alicyclic amines) is 1. The Bertz CT molecular complexity index is 217. The zero-order valence-corrected chi connectivity index (χ0v) is 7.82. The molecule has 4 heteroatoms. The SMILES string of the molecule is CN1CC2(CC(C(=O)O)CCO2)C1. The Morgan fingerprint density at radius 1 is 1.62 bits per heavy atom. The average molecular weight is 185 g/mol. The van der Waals surface area contributed by atoms with E-state index >= 15 is 0 Å². The molecule has 0 radical (unpaired) electrons. The molecule has 0 aromatic rings. The lowest BCUT2D eigenvalue weighted by molar-refractivity contribution is -0.183. The van der Waals surface area contributed by atoms with Gasteiger partial charge in [-0.2, -0.15) is 0 Å². The zero-order chi connectivity index (χ0) is 9.47. The number of rotatable bonds is 1. The van der Waals surface area contributed by atoms with E-state index in [1.54, 1.807) is 0 Å². The average Bonchev–Trinajstić information content (AvgIpc) is 2.02. The Morgan fingerprint density at radius 3 is 2.85 bits per heavy atom. The van der Waals surface area contributed by atoms with E-state index in [0.717, 1.165) is 13.1 Å². The molecule has 2 fully saturated rings. The molecule has 1 atom stereocenters. The number of carboxylic acids is 1. The lowest BCUT2D eigenvalue weighted by Crippen LogP contribution is -2.64. The molecule has 0 amide bonds. The van der Waals surface area contributed by atoms with E-state index in [9.17, 15) is 4.79 Å². The van der Waals surface area contributed by atoms with Crippen LogP contribution >= 0.6 is 0 Å². The molecular weight excluding hydrogens is 170 g/mol. The van der Waals surface area contributed by atoms with Gasteiger partial charge in [-0.25, -0.2) is 0 Å². The van der Waals surface area contributed by atoms with E-state index in [1.807, 2.05) is 7.05 Å². The van der Waals surface area contributed by atoms with Crippen LogP contribution in [0.25, 0.3) is 0 Å². The number of aliphatic carboxylic acids is 1. The summed E-state index contributed by atoms with van der Waals surface area (Å²) in [5, 5.41) is 8.89. The van der Waals surface area contributed by atoms with Gasteiger partial charge in [0, 0.05) is 19.7 Å². The molecule has 74 valence electrons. The Balaban J connectivity index is 1.97. The van der Waals surface area contributed by atoms with Gasteiger partial charge < -0.3 is 14.7 Å². The number of ether oxygens (including phenoxy) is 1. The Labute approximate surface area is 77.5 Å². The smallest absolute Gasteiger partial charge is 0.306 e. The topological polar surface area (TPSA) is 49.8 Å². The summed E-state index contributed by atoms with van der Waals surface area (Å²) in [5.74, 6) is -0.861. The largest absolute Gasteiger partial charge is 0.481 e. The number of nitrogens with zero attached hydrogens (tertiary/aromatic N) is 1. The van der Waals surface area contributed by atoms with Crippen LogP contribution in [-0.2, 0) is 9.53 Å². The van der Waals surface area contributed by atoms with Gasteiger partial charge in [-0.3, -0.25) is 4.79 Å². The molecule has 0 saturated carbocycles. The maximum absolute atomic E-state index is 10.8. The van der Waals surface area contributed by atoms with Crippen molar-refractivity contribution in [3.05, 3.63) is 0 Å². The summed E-state index contributed by atoms with van der Waals surface area (Å²) in [5.41, 5.74) is -0.129. The molecule has 0 bridgehead atoms. The molecule has 2 aliphatic rings. The van der Waals surface area contributed by atoms with E-state index in [-0.39, 0.29) is 11.5 Å². The molecule has 1 unspecified atom stereocenters. The van der Waals surface area contributed by atoms with Crippen molar-refractivity contribution in [2.45, 2.75) is 18.4 Å². The molecular formula is C9H15NO3. The van der Waals surface area contributed by atoms with Crippen LogP contribution in [0.2, 0.25) is 0 Å². The standard InChI is InChI=1S/C9H15NO3/c1-10-5-9(6-10)4-7(8(11)12)2-3-13-9/h7H,2-6H2,1H3,(H,11,12). The molecule has 1 N–H and O–H groups in total. The first-order chi connectivity index (χ1) is 6.11. The maximum atomic E-state index is 10.8. The van der Waals surface area contributed by atoms with Crippen molar-refractivity contribution >= 4 is 5.97 Å². The predicted molar refractivity (Wildman–Crippen MR) is 46.5 cm³/mol. The second-order valence-corrected chi connectivity index (χ2v) is 4.23. The van der Waals surface area contributed by atoms with Crippen molar-refractivity contribution in [2.24, 2.45) is 5.92 Å². The summed E-state index contributed by atoms with van der Waals surface area (Å²) in [4.78, 5) is 13.0. The Hall–Kier alpha value is -0.610. The lowest BCUT2D eigenvalue weighted by Gasteiger charge is -2.51. The molecule has 0 aromatic heterocycles. The molecule has 2 aliphatic heterocycles. The highest BCUT2D eigenvalue weighted by molar-refractivity contribution is 5.70. The van der Waals surface area contributed by atoms with Crippen molar-refractivity contribution in [3.8, 4) is 0 Å². The lowest BCUT2D eigenvalue weighted by atomic mass is 9.81.